The van der Waals surface area contributed by atoms with Crippen LogP contribution in [-0.2, 0) is 10.2 Å². The van der Waals surface area contributed by atoms with Gasteiger partial charge in [-0.2, -0.15) is 12.7 Å². The van der Waals surface area contributed by atoms with Gasteiger partial charge in [-0.1, -0.05) is 13.3 Å². The van der Waals surface area contributed by atoms with Crippen LogP contribution in [0.25, 0.3) is 0 Å². The average Bonchev–Trinajstić information content (AvgIpc) is 2.29. The zero-order valence-corrected chi connectivity index (χ0v) is 12.9. The van der Waals surface area contributed by atoms with Crippen molar-refractivity contribution in [1.82, 2.24) is 14.3 Å². The van der Waals surface area contributed by atoms with Crippen LogP contribution in [0, 0.1) is 0 Å². The van der Waals surface area contributed by atoms with E-state index in [1.807, 2.05) is 6.92 Å². The molecule has 110 valence electrons. The fourth-order valence-electron chi connectivity index (χ4n) is 2.08. The summed E-state index contributed by atoms with van der Waals surface area (Å²) >= 11 is 0. The largest absolute Gasteiger partial charge is 0.315 e. The van der Waals surface area contributed by atoms with Gasteiger partial charge in [0.05, 0.1) is 0 Å². The number of nitrogens with one attached hydrogen (secondary N) is 2. The average molecular weight is 300 g/mol. The highest BCUT2D eigenvalue weighted by molar-refractivity contribution is 7.87. The summed E-state index contributed by atoms with van der Waals surface area (Å²) in [5, 5.41) is 3.18. The van der Waals surface area contributed by atoms with E-state index in [1.54, 1.807) is 4.31 Å². The highest BCUT2D eigenvalue weighted by Crippen LogP contribution is 2.18. The van der Waals surface area contributed by atoms with Crippen LogP contribution in [0.15, 0.2) is 0 Å². The van der Waals surface area contributed by atoms with Gasteiger partial charge >= 0.3 is 0 Å². The molecule has 0 aromatic rings. The number of hydrogen-bond donors (Lipinski definition) is 2. The molecule has 0 radical (unpaired) electrons. The van der Waals surface area contributed by atoms with E-state index in [-0.39, 0.29) is 18.4 Å². The van der Waals surface area contributed by atoms with Gasteiger partial charge in [-0.05, 0) is 32.7 Å². The Balaban J connectivity index is 0.00000289. The Morgan fingerprint density at radius 1 is 1.22 bits per heavy atom. The second-order valence-electron chi connectivity index (χ2n) is 4.60. The Hall–Kier alpha value is 0.120. The SMILES string of the molecule is CCCNCCNS(=O)(=O)N1CCCCC1C.Cl. The monoisotopic (exact) mass is 299 g/mol. The van der Waals surface area contributed by atoms with Crippen molar-refractivity contribution >= 4 is 22.6 Å². The zero-order valence-electron chi connectivity index (χ0n) is 11.3. The Morgan fingerprint density at radius 2 is 1.94 bits per heavy atom. The molecule has 0 bridgehead atoms. The predicted octanol–water partition coefficient (Wildman–Crippen LogP) is 1.12. The molecule has 5 nitrogen and oxygen atoms in total. The molecular weight excluding hydrogens is 274 g/mol. The van der Waals surface area contributed by atoms with Crippen molar-refractivity contribution in [1.29, 1.82) is 0 Å². The van der Waals surface area contributed by atoms with Gasteiger partial charge in [-0.25, -0.2) is 4.72 Å². The first-order chi connectivity index (χ1) is 8.08. The summed E-state index contributed by atoms with van der Waals surface area (Å²) in [5.41, 5.74) is 0. The molecule has 1 fully saturated rings. The summed E-state index contributed by atoms with van der Waals surface area (Å²) < 4.78 is 28.3. The summed E-state index contributed by atoms with van der Waals surface area (Å²) in [6, 6.07) is 0.129. The molecular formula is C11H26ClN3O2S. The molecule has 0 amide bonds. The molecule has 1 heterocycles. The predicted molar refractivity (Wildman–Crippen MR) is 77.4 cm³/mol. The van der Waals surface area contributed by atoms with Crippen LogP contribution < -0.4 is 10.0 Å². The lowest BCUT2D eigenvalue weighted by atomic mass is 10.1. The van der Waals surface area contributed by atoms with E-state index in [0.29, 0.717) is 19.6 Å². The second-order valence-corrected chi connectivity index (χ2v) is 6.31. The van der Waals surface area contributed by atoms with E-state index in [9.17, 15) is 8.42 Å². The highest BCUT2D eigenvalue weighted by atomic mass is 35.5. The number of hydrogen-bond acceptors (Lipinski definition) is 3. The molecule has 1 rings (SSSR count). The maximum Gasteiger partial charge on any atom is 0.279 e. The highest BCUT2D eigenvalue weighted by Gasteiger charge is 2.28. The molecule has 1 aliphatic rings. The molecule has 1 unspecified atom stereocenters. The third-order valence-electron chi connectivity index (χ3n) is 3.06. The van der Waals surface area contributed by atoms with E-state index >= 15 is 0 Å². The Labute approximate surface area is 117 Å². The van der Waals surface area contributed by atoms with E-state index in [1.165, 1.54) is 0 Å². The van der Waals surface area contributed by atoms with E-state index in [4.69, 9.17) is 0 Å². The minimum atomic E-state index is -3.28. The molecule has 0 saturated carbocycles. The lowest BCUT2D eigenvalue weighted by Gasteiger charge is -2.32. The third-order valence-corrected chi connectivity index (χ3v) is 4.79. The first-order valence-corrected chi connectivity index (χ1v) is 7.99. The first-order valence-electron chi connectivity index (χ1n) is 6.55. The van der Waals surface area contributed by atoms with Gasteiger partial charge in [-0.15, -0.1) is 12.4 Å². The van der Waals surface area contributed by atoms with Gasteiger partial charge in [0.1, 0.15) is 0 Å². The molecule has 18 heavy (non-hydrogen) atoms. The fourth-order valence-corrected chi connectivity index (χ4v) is 3.56. The second kappa shape index (κ2) is 9.09. The summed E-state index contributed by atoms with van der Waals surface area (Å²) in [5.74, 6) is 0. The number of nitrogens with zero attached hydrogens (tertiary/aromatic N) is 1. The van der Waals surface area contributed by atoms with Gasteiger partial charge < -0.3 is 5.32 Å². The van der Waals surface area contributed by atoms with E-state index in [0.717, 1.165) is 32.2 Å². The van der Waals surface area contributed by atoms with Gasteiger partial charge in [0, 0.05) is 25.7 Å². The van der Waals surface area contributed by atoms with Crippen LogP contribution in [-0.4, -0.2) is 44.9 Å². The minimum absolute atomic E-state index is 0. The minimum Gasteiger partial charge on any atom is -0.315 e. The Kier molecular flexibility index (Phi) is 9.15. The third kappa shape index (κ3) is 5.84. The lowest BCUT2D eigenvalue weighted by Crippen LogP contribution is -2.49. The quantitative estimate of drug-likeness (QED) is 0.693. The smallest absolute Gasteiger partial charge is 0.279 e. The molecule has 1 saturated heterocycles. The summed E-state index contributed by atoms with van der Waals surface area (Å²) in [6.07, 6.45) is 4.13. The van der Waals surface area contributed by atoms with Crippen LogP contribution >= 0.6 is 12.4 Å². The Bertz CT molecular complexity index is 311. The molecule has 1 aliphatic heterocycles. The number of rotatable bonds is 7. The van der Waals surface area contributed by atoms with Gasteiger partial charge in [0.25, 0.3) is 10.2 Å². The Morgan fingerprint density at radius 3 is 2.56 bits per heavy atom. The van der Waals surface area contributed by atoms with Crippen molar-refractivity contribution in [3.63, 3.8) is 0 Å². The van der Waals surface area contributed by atoms with Crippen molar-refractivity contribution in [2.24, 2.45) is 0 Å². The van der Waals surface area contributed by atoms with Gasteiger partial charge in [0.2, 0.25) is 0 Å². The maximum atomic E-state index is 12.0. The van der Waals surface area contributed by atoms with Crippen LogP contribution in [0.4, 0.5) is 0 Å². The van der Waals surface area contributed by atoms with Crippen LogP contribution in [0.3, 0.4) is 0 Å². The molecule has 1 atom stereocenters. The van der Waals surface area contributed by atoms with Gasteiger partial charge in [-0.3, -0.25) is 0 Å². The summed E-state index contributed by atoms with van der Waals surface area (Å²) in [6.45, 7) is 6.81. The molecule has 7 heteroatoms. The van der Waals surface area contributed by atoms with Gasteiger partial charge in [0.15, 0.2) is 0 Å². The van der Waals surface area contributed by atoms with Crippen molar-refractivity contribution in [3.05, 3.63) is 0 Å². The fraction of sp³-hybridized carbons (Fsp3) is 1.00. The van der Waals surface area contributed by atoms with Crippen LogP contribution in [0.5, 0.6) is 0 Å². The molecule has 0 spiro atoms. The van der Waals surface area contributed by atoms with E-state index < -0.39 is 10.2 Å². The first kappa shape index (κ1) is 18.1. The van der Waals surface area contributed by atoms with Crippen molar-refractivity contribution < 1.29 is 8.42 Å². The van der Waals surface area contributed by atoms with Crippen molar-refractivity contribution in [3.8, 4) is 0 Å². The normalized spacial score (nSPS) is 21.6. The van der Waals surface area contributed by atoms with E-state index in [2.05, 4.69) is 17.0 Å². The maximum absolute atomic E-state index is 12.0. The number of piperidine rings is 1. The molecule has 2 N–H and O–H groups in total. The number of halogens is 1. The molecule has 0 aromatic carbocycles. The van der Waals surface area contributed by atoms with Crippen LogP contribution in [0.1, 0.15) is 39.5 Å². The summed E-state index contributed by atoms with van der Waals surface area (Å²) in [4.78, 5) is 0. The molecule has 0 aliphatic carbocycles. The lowest BCUT2D eigenvalue weighted by molar-refractivity contribution is 0.265. The van der Waals surface area contributed by atoms with Crippen molar-refractivity contribution in [2.45, 2.75) is 45.6 Å². The summed E-state index contributed by atoms with van der Waals surface area (Å²) in [7, 11) is -3.28. The molecule has 0 aromatic heterocycles. The zero-order chi connectivity index (χ0) is 12.7. The standard InChI is InChI=1S/C11H25N3O2S.ClH/c1-3-7-12-8-9-13-17(15,16)14-10-5-4-6-11(14)2;/h11-13H,3-10H2,1-2H3;1H. The van der Waals surface area contributed by atoms with Crippen molar-refractivity contribution in [2.75, 3.05) is 26.2 Å². The van der Waals surface area contributed by atoms with Crippen LogP contribution in [0.2, 0.25) is 0 Å². The topological polar surface area (TPSA) is 61.4 Å².